The Morgan fingerprint density at radius 1 is 1.08 bits per heavy atom. The third kappa shape index (κ3) is 4.29. The minimum absolute atomic E-state index is 0.160. The number of hydrogen-bond acceptors (Lipinski definition) is 6. The van der Waals surface area contributed by atoms with Crippen molar-refractivity contribution in [3.63, 3.8) is 0 Å². The molecule has 0 amide bonds. The van der Waals surface area contributed by atoms with Crippen molar-refractivity contribution in [1.29, 1.82) is 0 Å². The second kappa shape index (κ2) is 9.39. The molecule has 0 bridgehead atoms. The van der Waals surface area contributed by atoms with Crippen molar-refractivity contribution < 1.29 is 23.7 Å². The molecule has 6 nitrogen and oxygen atoms in total. The molecule has 3 heterocycles. The fourth-order valence-corrected chi connectivity index (χ4v) is 5.57. The first-order valence-corrected chi connectivity index (χ1v) is 12.8. The van der Waals surface area contributed by atoms with Crippen LogP contribution in [0.4, 0.5) is 0 Å². The molecule has 0 atom stereocenters. The molecule has 6 rings (SSSR count). The van der Waals surface area contributed by atoms with Crippen LogP contribution in [-0.4, -0.2) is 24.2 Å². The molecule has 0 spiro atoms. The number of carbonyl (C=O) groups excluding carboxylic acids is 1. The summed E-state index contributed by atoms with van der Waals surface area (Å²) in [6.45, 7) is 4.09. The van der Waals surface area contributed by atoms with Crippen molar-refractivity contribution in [3.05, 3.63) is 90.1 Å². The molecule has 3 aliphatic heterocycles. The van der Waals surface area contributed by atoms with Crippen molar-refractivity contribution in [1.82, 2.24) is 4.90 Å². The fourth-order valence-electron chi connectivity index (χ4n) is 4.73. The van der Waals surface area contributed by atoms with Crippen LogP contribution >= 0.6 is 39.1 Å². The smallest absolute Gasteiger partial charge is 0.232 e. The second-order valence-corrected chi connectivity index (χ2v) is 10.6. The highest BCUT2D eigenvalue weighted by Crippen LogP contribution is 2.45. The maximum absolute atomic E-state index is 13.5. The third-order valence-electron chi connectivity index (χ3n) is 6.37. The number of benzene rings is 3. The molecule has 0 saturated carbocycles. The molecule has 36 heavy (non-hydrogen) atoms. The summed E-state index contributed by atoms with van der Waals surface area (Å²) in [6, 6.07) is 11.3. The van der Waals surface area contributed by atoms with Crippen LogP contribution in [0.15, 0.2) is 46.6 Å². The lowest BCUT2D eigenvalue weighted by Gasteiger charge is -2.30. The lowest BCUT2D eigenvalue weighted by Crippen LogP contribution is -2.31. The van der Waals surface area contributed by atoms with E-state index in [0.717, 1.165) is 38.0 Å². The summed E-state index contributed by atoms with van der Waals surface area (Å²) in [5.74, 6) is 2.06. The summed E-state index contributed by atoms with van der Waals surface area (Å²) in [4.78, 5) is 15.6. The lowest BCUT2D eigenvalue weighted by atomic mass is 9.98. The van der Waals surface area contributed by atoms with E-state index in [2.05, 4.69) is 20.8 Å². The Kier molecular flexibility index (Phi) is 6.22. The van der Waals surface area contributed by atoms with Gasteiger partial charge < -0.3 is 18.9 Å². The minimum Gasteiger partial charge on any atom is -0.478 e. The summed E-state index contributed by atoms with van der Waals surface area (Å²) in [5.41, 5.74) is 4.90. The zero-order chi connectivity index (χ0) is 25.0. The largest absolute Gasteiger partial charge is 0.478 e. The van der Waals surface area contributed by atoms with E-state index in [4.69, 9.17) is 42.1 Å². The van der Waals surface area contributed by atoms with E-state index in [1.54, 1.807) is 12.1 Å². The van der Waals surface area contributed by atoms with Gasteiger partial charge in [0.15, 0.2) is 12.6 Å². The monoisotopic (exact) mass is 587 g/mol. The Bertz CT molecular complexity index is 1450. The molecule has 0 fully saturated rings. The Morgan fingerprint density at radius 3 is 2.78 bits per heavy atom. The summed E-state index contributed by atoms with van der Waals surface area (Å²) in [6.07, 6.45) is 1.74. The van der Waals surface area contributed by atoms with Crippen LogP contribution in [0.5, 0.6) is 17.2 Å². The van der Waals surface area contributed by atoms with Gasteiger partial charge in [-0.05, 0) is 54.5 Å². The number of ketones is 1. The van der Waals surface area contributed by atoms with Gasteiger partial charge in [0, 0.05) is 28.7 Å². The first-order valence-electron chi connectivity index (χ1n) is 11.3. The number of hydrogen-bond donors (Lipinski definition) is 0. The molecule has 3 aromatic carbocycles. The van der Waals surface area contributed by atoms with Gasteiger partial charge in [0.25, 0.3) is 0 Å². The van der Waals surface area contributed by atoms with E-state index < -0.39 is 0 Å². The number of halogens is 3. The van der Waals surface area contributed by atoms with E-state index in [0.29, 0.717) is 53.5 Å². The fraction of sp³-hybridized carbons (Fsp3) is 0.222. The van der Waals surface area contributed by atoms with Crippen molar-refractivity contribution in [2.45, 2.75) is 26.6 Å². The number of carbonyl (C=O) groups is 1. The molecule has 0 unspecified atom stereocenters. The van der Waals surface area contributed by atoms with Gasteiger partial charge >= 0.3 is 0 Å². The number of fused-ring (bicyclic) bond motifs is 4. The van der Waals surface area contributed by atoms with Gasteiger partial charge in [0.2, 0.25) is 5.78 Å². The Labute approximate surface area is 226 Å². The van der Waals surface area contributed by atoms with E-state index >= 15 is 0 Å². The second-order valence-electron chi connectivity index (χ2n) is 8.92. The van der Waals surface area contributed by atoms with Crippen LogP contribution in [0.2, 0.25) is 10.0 Å². The SMILES string of the molecule is Cc1cc2c(c3c1C(=O)/C(=C/c1cc(Br)cc4c1OCOC4)O3)CN(Cc1ccc(Cl)c(Cl)c1)CO2. The van der Waals surface area contributed by atoms with Gasteiger partial charge in [-0.3, -0.25) is 9.69 Å². The van der Waals surface area contributed by atoms with Crippen molar-refractivity contribution in [2.24, 2.45) is 0 Å². The van der Waals surface area contributed by atoms with Crippen LogP contribution < -0.4 is 14.2 Å². The zero-order valence-electron chi connectivity index (χ0n) is 19.2. The number of aryl methyl sites for hydroxylation is 1. The summed E-state index contributed by atoms with van der Waals surface area (Å²) in [5, 5.41) is 1.03. The van der Waals surface area contributed by atoms with Gasteiger partial charge in [0.1, 0.15) is 24.0 Å². The molecule has 3 aliphatic rings. The maximum Gasteiger partial charge on any atom is 0.232 e. The Hall–Kier alpha value is -2.55. The van der Waals surface area contributed by atoms with Crippen molar-refractivity contribution in [2.75, 3.05) is 13.5 Å². The van der Waals surface area contributed by atoms with Crippen molar-refractivity contribution >= 4 is 51.0 Å². The standard InChI is InChI=1S/C27H20BrCl2NO5/c1-14-4-22-19(10-31(12-34-22)9-15-2-3-20(29)21(30)5-15)27-24(14)25(32)23(36-27)8-16-6-18(28)7-17-11-33-13-35-26(16)17/h2-8H,9-13H2,1H3/b23-8-. The molecule has 184 valence electrons. The van der Waals surface area contributed by atoms with Crippen LogP contribution in [0.25, 0.3) is 6.08 Å². The van der Waals surface area contributed by atoms with Crippen LogP contribution in [-0.2, 0) is 24.4 Å². The lowest BCUT2D eigenvalue weighted by molar-refractivity contribution is -0.0165. The van der Waals surface area contributed by atoms with Gasteiger partial charge in [-0.1, -0.05) is 45.2 Å². The van der Waals surface area contributed by atoms with Crippen LogP contribution in [0.1, 0.15) is 38.2 Å². The molecule has 0 saturated heterocycles. The van der Waals surface area contributed by atoms with Gasteiger partial charge in [0.05, 0.1) is 27.8 Å². The highest BCUT2D eigenvalue weighted by Gasteiger charge is 2.36. The predicted octanol–water partition coefficient (Wildman–Crippen LogP) is 6.90. The molecule has 0 aromatic heterocycles. The normalized spacial score (nSPS) is 17.7. The van der Waals surface area contributed by atoms with Gasteiger partial charge in [-0.25, -0.2) is 0 Å². The quantitative estimate of drug-likeness (QED) is 0.310. The van der Waals surface area contributed by atoms with E-state index in [1.165, 1.54) is 0 Å². The number of Topliss-reactive ketones (excluding diaryl/α,β-unsaturated/α-hetero) is 1. The molecule has 3 aromatic rings. The Balaban J connectivity index is 1.33. The third-order valence-corrected chi connectivity index (χ3v) is 7.56. The molecule has 9 heteroatoms. The minimum atomic E-state index is -0.160. The topological polar surface area (TPSA) is 57.2 Å². The van der Waals surface area contributed by atoms with Gasteiger partial charge in [-0.2, -0.15) is 0 Å². The molecular weight excluding hydrogens is 569 g/mol. The number of nitrogens with zero attached hydrogens (tertiary/aromatic N) is 1. The van der Waals surface area contributed by atoms with Crippen molar-refractivity contribution in [3.8, 4) is 17.2 Å². The van der Waals surface area contributed by atoms with Crippen LogP contribution in [0, 0.1) is 6.92 Å². The average molecular weight is 589 g/mol. The summed E-state index contributed by atoms with van der Waals surface area (Å²) >= 11 is 15.8. The first-order chi connectivity index (χ1) is 17.4. The molecule has 0 N–H and O–H groups in total. The zero-order valence-corrected chi connectivity index (χ0v) is 22.3. The highest BCUT2D eigenvalue weighted by molar-refractivity contribution is 9.10. The van der Waals surface area contributed by atoms with Gasteiger partial charge in [-0.15, -0.1) is 0 Å². The number of rotatable bonds is 3. The highest BCUT2D eigenvalue weighted by atomic mass is 79.9. The first kappa shape index (κ1) is 23.8. The molecular formula is C27H20BrCl2NO5. The summed E-state index contributed by atoms with van der Waals surface area (Å²) in [7, 11) is 0. The van der Waals surface area contributed by atoms with Crippen LogP contribution in [0.3, 0.4) is 0 Å². The molecule has 0 radical (unpaired) electrons. The summed E-state index contributed by atoms with van der Waals surface area (Å²) < 4.78 is 24.3. The van der Waals surface area contributed by atoms with E-state index in [-0.39, 0.29) is 18.3 Å². The Morgan fingerprint density at radius 2 is 1.94 bits per heavy atom. The number of ether oxygens (including phenoxy) is 4. The van der Waals surface area contributed by atoms with E-state index in [1.807, 2.05) is 37.3 Å². The molecule has 0 aliphatic carbocycles. The predicted molar refractivity (Wildman–Crippen MR) is 140 cm³/mol. The average Bonchev–Trinajstić information content (AvgIpc) is 3.18. The maximum atomic E-state index is 13.5. The number of allylic oxidation sites excluding steroid dienone is 1. The van der Waals surface area contributed by atoms with E-state index in [9.17, 15) is 4.79 Å².